The molecule has 2 rings (SSSR count). The maximum absolute atomic E-state index is 12.0. The van der Waals surface area contributed by atoms with Gasteiger partial charge in [-0.15, -0.1) is 6.58 Å². The number of carbonyl (C=O) groups excluding carboxylic acids is 1. The molecule has 0 saturated heterocycles. The van der Waals surface area contributed by atoms with Gasteiger partial charge in [0.2, 0.25) is 0 Å². The van der Waals surface area contributed by atoms with Crippen LogP contribution >= 0.6 is 11.6 Å². The van der Waals surface area contributed by atoms with Crippen molar-refractivity contribution in [1.82, 2.24) is 10.2 Å². The second kappa shape index (κ2) is 7.84. The normalized spacial score (nSPS) is 16.6. The summed E-state index contributed by atoms with van der Waals surface area (Å²) in [6.45, 7) is 7.07. The summed E-state index contributed by atoms with van der Waals surface area (Å²) in [6, 6.07) is 7.40. The highest BCUT2D eigenvalue weighted by Gasteiger charge is 2.26. The molecule has 1 aliphatic rings. The Kier molecular flexibility index (Phi) is 5.83. The first kappa shape index (κ1) is 16.4. The minimum Gasteiger partial charge on any atom is -0.390 e. The monoisotopic (exact) mass is 321 g/mol. The summed E-state index contributed by atoms with van der Waals surface area (Å²) in [7, 11) is 0. The van der Waals surface area contributed by atoms with Gasteiger partial charge in [0, 0.05) is 30.1 Å². The smallest absolute Gasteiger partial charge is 0.317 e. The van der Waals surface area contributed by atoms with E-state index in [9.17, 15) is 4.79 Å². The Balaban J connectivity index is 1.97. The summed E-state index contributed by atoms with van der Waals surface area (Å²) in [5.74, 6) is 0. The second-order valence-electron chi connectivity index (χ2n) is 4.98. The molecule has 1 aromatic carbocycles. The first-order valence-electron chi connectivity index (χ1n) is 7.27. The maximum atomic E-state index is 12.0. The third-order valence-corrected chi connectivity index (χ3v) is 3.64. The SMILES string of the molecule is C=CCN(CC1CC(c2ccccc2Cl)=NO1)C(=O)NCC. The van der Waals surface area contributed by atoms with Crippen molar-refractivity contribution in [2.45, 2.75) is 19.4 Å². The number of oxime groups is 1. The fraction of sp³-hybridized carbons (Fsp3) is 0.375. The Hall–Kier alpha value is -2.01. The fourth-order valence-corrected chi connectivity index (χ4v) is 2.53. The molecule has 1 unspecified atom stereocenters. The van der Waals surface area contributed by atoms with Crippen LogP contribution in [0.2, 0.25) is 5.02 Å². The maximum Gasteiger partial charge on any atom is 0.317 e. The Bertz CT molecular complexity index is 574. The number of carbonyl (C=O) groups is 1. The van der Waals surface area contributed by atoms with E-state index in [0.717, 1.165) is 11.3 Å². The number of nitrogens with zero attached hydrogens (tertiary/aromatic N) is 2. The summed E-state index contributed by atoms with van der Waals surface area (Å²) in [5, 5.41) is 7.55. The summed E-state index contributed by atoms with van der Waals surface area (Å²) in [4.78, 5) is 19.1. The van der Waals surface area contributed by atoms with Crippen molar-refractivity contribution in [3.63, 3.8) is 0 Å². The highest BCUT2D eigenvalue weighted by atomic mass is 35.5. The Morgan fingerprint density at radius 3 is 3.05 bits per heavy atom. The zero-order valence-electron chi connectivity index (χ0n) is 12.6. The highest BCUT2D eigenvalue weighted by molar-refractivity contribution is 6.34. The van der Waals surface area contributed by atoms with E-state index >= 15 is 0 Å². The molecule has 0 spiro atoms. The van der Waals surface area contributed by atoms with Crippen LogP contribution in [0.15, 0.2) is 42.1 Å². The topological polar surface area (TPSA) is 53.9 Å². The minimum absolute atomic E-state index is 0.128. The number of rotatable bonds is 6. The van der Waals surface area contributed by atoms with Crippen LogP contribution in [0.1, 0.15) is 18.9 Å². The molecular weight excluding hydrogens is 302 g/mol. The summed E-state index contributed by atoms with van der Waals surface area (Å²) < 4.78 is 0. The van der Waals surface area contributed by atoms with E-state index < -0.39 is 0 Å². The van der Waals surface area contributed by atoms with Crippen LogP contribution < -0.4 is 5.32 Å². The second-order valence-corrected chi connectivity index (χ2v) is 5.39. The lowest BCUT2D eigenvalue weighted by Crippen LogP contribution is -2.43. The van der Waals surface area contributed by atoms with Crippen LogP contribution in [0.25, 0.3) is 0 Å². The lowest BCUT2D eigenvalue weighted by molar-refractivity contribution is 0.0630. The van der Waals surface area contributed by atoms with Crippen LogP contribution in [0.5, 0.6) is 0 Å². The van der Waals surface area contributed by atoms with E-state index in [2.05, 4.69) is 17.1 Å². The van der Waals surface area contributed by atoms with Crippen LogP contribution in [0, 0.1) is 0 Å². The molecule has 1 atom stereocenters. The van der Waals surface area contributed by atoms with Crippen LogP contribution in [0.3, 0.4) is 0 Å². The van der Waals surface area contributed by atoms with Gasteiger partial charge in [0.25, 0.3) is 0 Å². The number of urea groups is 1. The van der Waals surface area contributed by atoms with Crippen molar-refractivity contribution in [2.24, 2.45) is 5.16 Å². The number of nitrogens with one attached hydrogen (secondary N) is 1. The predicted octanol–water partition coefficient (Wildman–Crippen LogP) is 3.05. The van der Waals surface area contributed by atoms with Crippen molar-refractivity contribution >= 4 is 23.3 Å². The average molecular weight is 322 g/mol. The highest BCUT2D eigenvalue weighted by Crippen LogP contribution is 2.23. The van der Waals surface area contributed by atoms with Crippen molar-refractivity contribution in [3.8, 4) is 0 Å². The first-order chi connectivity index (χ1) is 10.7. The van der Waals surface area contributed by atoms with E-state index in [-0.39, 0.29) is 12.1 Å². The molecule has 0 fully saturated rings. The molecule has 1 N–H and O–H groups in total. The molecule has 6 heteroatoms. The molecule has 2 amide bonds. The van der Waals surface area contributed by atoms with Crippen LogP contribution in [-0.2, 0) is 4.84 Å². The zero-order chi connectivity index (χ0) is 15.9. The third kappa shape index (κ3) is 4.01. The molecule has 22 heavy (non-hydrogen) atoms. The van der Waals surface area contributed by atoms with Crippen LogP contribution in [-0.4, -0.2) is 42.4 Å². The predicted molar refractivity (Wildman–Crippen MR) is 88.3 cm³/mol. The van der Waals surface area contributed by atoms with E-state index in [1.165, 1.54) is 0 Å². The van der Waals surface area contributed by atoms with Gasteiger partial charge in [0.05, 0.1) is 12.3 Å². The molecule has 0 aliphatic carbocycles. The first-order valence-corrected chi connectivity index (χ1v) is 7.64. The van der Waals surface area contributed by atoms with Crippen molar-refractivity contribution < 1.29 is 9.63 Å². The number of hydrogen-bond donors (Lipinski definition) is 1. The zero-order valence-corrected chi connectivity index (χ0v) is 13.3. The molecule has 0 bridgehead atoms. The van der Waals surface area contributed by atoms with Crippen molar-refractivity contribution in [3.05, 3.63) is 47.5 Å². The van der Waals surface area contributed by atoms with Gasteiger partial charge >= 0.3 is 6.03 Å². The van der Waals surface area contributed by atoms with Gasteiger partial charge in [-0.2, -0.15) is 0 Å². The van der Waals surface area contributed by atoms with Crippen molar-refractivity contribution in [2.75, 3.05) is 19.6 Å². The lowest BCUT2D eigenvalue weighted by Gasteiger charge is -2.23. The number of halogens is 1. The molecule has 0 radical (unpaired) electrons. The molecule has 0 saturated carbocycles. The lowest BCUT2D eigenvalue weighted by atomic mass is 10.0. The van der Waals surface area contributed by atoms with E-state index in [4.69, 9.17) is 16.4 Å². The molecule has 5 nitrogen and oxygen atoms in total. The quantitative estimate of drug-likeness (QED) is 0.819. The number of benzene rings is 1. The molecule has 0 aromatic heterocycles. The Labute approximate surface area is 135 Å². The van der Waals surface area contributed by atoms with Gasteiger partial charge in [-0.25, -0.2) is 4.79 Å². The molecular formula is C16H20ClN3O2. The van der Waals surface area contributed by atoms with Gasteiger partial charge in [-0.1, -0.05) is 41.0 Å². The Morgan fingerprint density at radius 1 is 1.59 bits per heavy atom. The molecule has 118 valence electrons. The molecule has 1 heterocycles. The van der Waals surface area contributed by atoms with Gasteiger partial charge in [0.1, 0.15) is 0 Å². The standard InChI is InChI=1S/C16H20ClN3O2/c1-3-9-20(16(21)18-4-2)11-12-10-15(19-22-12)13-7-5-6-8-14(13)17/h3,5-8,12H,1,4,9-11H2,2H3,(H,18,21). The van der Waals surface area contributed by atoms with Gasteiger partial charge in [0.15, 0.2) is 6.10 Å². The minimum atomic E-state index is -0.172. The van der Waals surface area contributed by atoms with E-state index in [1.807, 2.05) is 31.2 Å². The number of hydrogen-bond acceptors (Lipinski definition) is 3. The average Bonchev–Trinajstić information content (AvgIpc) is 2.96. The largest absolute Gasteiger partial charge is 0.390 e. The van der Waals surface area contributed by atoms with E-state index in [0.29, 0.717) is 31.1 Å². The Morgan fingerprint density at radius 2 is 2.36 bits per heavy atom. The van der Waals surface area contributed by atoms with Crippen molar-refractivity contribution in [1.29, 1.82) is 0 Å². The van der Waals surface area contributed by atoms with E-state index in [1.54, 1.807) is 11.0 Å². The summed E-state index contributed by atoms with van der Waals surface area (Å²) >= 11 is 6.17. The van der Waals surface area contributed by atoms with Gasteiger partial charge in [-0.3, -0.25) is 0 Å². The van der Waals surface area contributed by atoms with Crippen LogP contribution in [0.4, 0.5) is 4.79 Å². The van der Waals surface area contributed by atoms with Gasteiger partial charge in [-0.05, 0) is 13.0 Å². The molecule has 1 aromatic rings. The number of amides is 2. The summed E-state index contributed by atoms with van der Waals surface area (Å²) in [5.41, 5.74) is 1.69. The third-order valence-electron chi connectivity index (χ3n) is 3.31. The fourth-order valence-electron chi connectivity index (χ4n) is 2.29. The summed E-state index contributed by atoms with van der Waals surface area (Å²) in [6.07, 6.45) is 2.14. The van der Waals surface area contributed by atoms with Gasteiger partial charge < -0.3 is 15.1 Å². The molecule has 1 aliphatic heterocycles.